The Morgan fingerprint density at radius 2 is 1.83 bits per heavy atom. The van der Waals surface area contributed by atoms with Crippen molar-refractivity contribution in [3.63, 3.8) is 0 Å². The van der Waals surface area contributed by atoms with Crippen LogP contribution < -0.4 is 0 Å². The van der Waals surface area contributed by atoms with E-state index in [1.807, 2.05) is 12.1 Å². The van der Waals surface area contributed by atoms with E-state index >= 15 is 0 Å². The number of hydrogen-bond acceptors (Lipinski definition) is 5. The van der Waals surface area contributed by atoms with Gasteiger partial charge in [-0.2, -0.15) is 0 Å². The maximum atomic E-state index is 13.9. The molecule has 0 unspecified atom stereocenters. The topological polar surface area (TPSA) is 77.2 Å². The number of oxazole rings is 1. The molecular formula is C22H21ClFNO4S. The SMILES string of the molecule is Cc1oc(-c2ccccc2F)nc1CS(=O)(=O)CC(=O)CCCc1ccc(Cl)cc1. The molecule has 0 bridgehead atoms. The number of aromatic nitrogens is 1. The van der Waals surface area contributed by atoms with Gasteiger partial charge in [0.25, 0.3) is 0 Å². The first-order valence-electron chi connectivity index (χ1n) is 9.41. The molecule has 2 aromatic carbocycles. The summed E-state index contributed by atoms with van der Waals surface area (Å²) in [5.41, 5.74) is 1.37. The summed E-state index contributed by atoms with van der Waals surface area (Å²) in [7, 11) is -3.72. The average molecular weight is 450 g/mol. The molecule has 0 atom stereocenters. The number of carbonyl (C=O) groups is 1. The molecule has 30 heavy (non-hydrogen) atoms. The lowest BCUT2D eigenvalue weighted by Crippen LogP contribution is -2.18. The number of Topliss-reactive ketones (excluding diaryl/α,β-unsaturated/α-hetero) is 1. The van der Waals surface area contributed by atoms with Crippen LogP contribution in [0.2, 0.25) is 5.02 Å². The van der Waals surface area contributed by atoms with E-state index in [2.05, 4.69) is 4.98 Å². The molecule has 0 aliphatic rings. The standard InChI is InChI=1S/C22H21ClFNO4S/c1-15-21(25-22(29-15)19-7-2-3-8-20(19)24)14-30(27,28)13-18(26)6-4-5-16-9-11-17(23)12-10-16/h2-3,7-12H,4-6,13-14H2,1H3. The highest BCUT2D eigenvalue weighted by Crippen LogP contribution is 2.25. The van der Waals surface area contributed by atoms with Crippen LogP contribution in [0.5, 0.6) is 0 Å². The molecule has 5 nitrogen and oxygen atoms in total. The van der Waals surface area contributed by atoms with Crippen molar-refractivity contribution < 1.29 is 22.0 Å². The van der Waals surface area contributed by atoms with Crippen molar-refractivity contribution in [1.82, 2.24) is 4.98 Å². The highest BCUT2D eigenvalue weighted by atomic mass is 35.5. The zero-order valence-corrected chi connectivity index (χ0v) is 18.0. The maximum Gasteiger partial charge on any atom is 0.229 e. The third-order valence-corrected chi connectivity index (χ3v) is 6.30. The second-order valence-corrected chi connectivity index (χ2v) is 9.55. The highest BCUT2D eigenvalue weighted by molar-refractivity contribution is 7.91. The fraction of sp³-hybridized carbons (Fsp3) is 0.273. The van der Waals surface area contributed by atoms with Crippen LogP contribution in [-0.2, 0) is 26.8 Å². The smallest absolute Gasteiger partial charge is 0.229 e. The van der Waals surface area contributed by atoms with Crippen molar-refractivity contribution in [3.8, 4) is 11.5 Å². The van der Waals surface area contributed by atoms with Crippen LogP contribution in [0, 0.1) is 12.7 Å². The number of ketones is 1. The molecular weight excluding hydrogens is 429 g/mol. The van der Waals surface area contributed by atoms with Crippen LogP contribution in [0.25, 0.3) is 11.5 Å². The molecule has 158 valence electrons. The Morgan fingerprint density at radius 3 is 2.53 bits per heavy atom. The van der Waals surface area contributed by atoms with Crippen molar-refractivity contribution in [1.29, 1.82) is 0 Å². The minimum Gasteiger partial charge on any atom is -0.441 e. The molecule has 0 amide bonds. The van der Waals surface area contributed by atoms with E-state index in [1.165, 1.54) is 12.1 Å². The van der Waals surface area contributed by atoms with Crippen molar-refractivity contribution in [2.45, 2.75) is 31.9 Å². The Bertz CT molecular complexity index is 1140. The molecule has 3 rings (SSSR count). The van der Waals surface area contributed by atoms with E-state index in [9.17, 15) is 17.6 Å². The summed E-state index contributed by atoms with van der Waals surface area (Å²) in [6.07, 6.45) is 1.38. The van der Waals surface area contributed by atoms with Crippen LogP contribution in [-0.4, -0.2) is 24.9 Å². The van der Waals surface area contributed by atoms with Gasteiger partial charge in [-0.25, -0.2) is 17.8 Å². The van der Waals surface area contributed by atoms with Gasteiger partial charge in [0.1, 0.15) is 23.1 Å². The number of halogens is 2. The van der Waals surface area contributed by atoms with E-state index in [1.54, 1.807) is 31.2 Å². The molecule has 0 aliphatic carbocycles. The van der Waals surface area contributed by atoms with Crippen molar-refractivity contribution in [3.05, 3.63) is 76.4 Å². The van der Waals surface area contributed by atoms with Crippen LogP contribution >= 0.6 is 11.6 Å². The number of sulfone groups is 1. The Kier molecular flexibility index (Phi) is 7.05. The first-order chi connectivity index (χ1) is 14.2. The molecule has 0 saturated carbocycles. The molecule has 1 aromatic heterocycles. The number of nitrogens with zero attached hydrogens (tertiary/aromatic N) is 1. The van der Waals surface area contributed by atoms with Gasteiger partial charge in [0.2, 0.25) is 5.89 Å². The minimum atomic E-state index is -3.72. The predicted molar refractivity (Wildman–Crippen MR) is 114 cm³/mol. The molecule has 3 aromatic rings. The summed E-state index contributed by atoms with van der Waals surface area (Å²) in [5, 5.41) is 0.641. The molecule has 0 fully saturated rings. The summed E-state index contributed by atoms with van der Waals surface area (Å²) in [6, 6.07) is 13.3. The molecule has 0 aliphatic heterocycles. The number of rotatable bonds is 9. The lowest BCUT2D eigenvalue weighted by atomic mass is 10.1. The third kappa shape index (κ3) is 6.00. The Morgan fingerprint density at radius 1 is 1.13 bits per heavy atom. The van der Waals surface area contributed by atoms with Gasteiger partial charge in [-0.1, -0.05) is 35.9 Å². The number of benzene rings is 2. The van der Waals surface area contributed by atoms with Gasteiger partial charge < -0.3 is 4.42 Å². The van der Waals surface area contributed by atoms with Gasteiger partial charge >= 0.3 is 0 Å². The van der Waals surface area contributed by atoms with E-state index in [0.717, 1.165) is 5.56 Å². The zero-order chi connectivity index (χ0) is 21.7. The van der Waals surface area contributed by atoms with Gasteiger partial charge in [0.15, 0.2) is 9.84 Å². The van der Waals surface area contributed by atoms with Gasteiger partial charge in [0, 0.05) is 11.4 Å². The normalized spacial score (nSPS) is 11.6. The Hall–Kier alpha value is -2.51. The first kappa shape index (κ1) is 22.2. The molecule has 8 heteroatoms. The van der Waals surface area contributed by atoms with E-state index in [0.29, 0.717) is 17.9 Å². The van der Waals surface area contributed by atoms with Crippen LogP contribution in [0.15, 0.2) is 52.9 Å². The van der Waals surface area contributed by atoms with Crippen molar-refractivity contribution in [2.24, 2.45) is 0 Å². The maximum absolute atomic E-state index is 13.9. The Balaban J connectivity index is 1.57. The van der Waals surface area contributed by atoms with Crippen LogP contribution in [0.1, 0.15) is 29.9 Å². The molecule has 0 saturated heterocycles. The summed E-state index contributed by atoms with van der Waals surface area (Å²) < 4.78 is 44.3. The van der Waals surface area contributed by atoms with Crippen molar-refractivity contribution >= 4 is 27.2 Å². The lowest BCUT2D eigenvalue weighted by Gasteiger charge is -2.04. The summed E-state index contributed by atoms with van der Waals surface area (Å²) in [5.74, 6) is -1.55. The molecule has 0 N–H and O–H groups in total. The third-order valence-electron chi connectivity index (χ3n) is 4.57. The number of aryl methyl sites for hydroxylation is 2. The summed E-state index contributed by atoms with van der Waals surface area (Å²) in [4.78, 5) is 16.3. The predicted octanol–water partition coefficient (Wildman–Crippen LogP) is 4.95. The molecule has 0 spiro atoms. The summed E-state index contributed by atoms with van der Waals surface area (Å²) >= 11 is 5.84. The second-order valence-electron chi connectivity index (χ2n) is 7.05. The monoisotopic (exact) mass is 449 g/mol. The van der Waals surface area contributed by atoms with Gasteiger partial charge in [-0.15, -0.1) is 0 Å². The Labute approximate surface area is 179 Å². The van der Waals surface area contributed by atoms with E-state index in [-0.39, 0.29) is 35.1 Å². The first-order valence-corrected chi connectivity index (χ1v) is 11.6. The van der Waals surface area contributed by atoms with Gasteiger partial charge in [0.05, 0.1) is 17.0 Å². The lowest BCUT2D eigenvalue weighted by molar-refractivity contribution is -0.116. The van der Waals surface area contributed by atoms with Gasteiger partial charge in [-0.05, 0) is 49.6 Å². The van der Waals surface area contributed by atoms with Gasteiger partial charge in [-0.3, -0.25) is 4.79 Å². The van der Waals surface area contributed by atoms with Crippen molar-refractivity contribution in [2.75, 3.05) is 5.75 Å². The fourth-order valence-electron chi connectivity index (χ4n) is 3.03. The highest BCUT2D eigenvalue weighted by Gasteiger charge is 2.22. The quantitative estimate of drug-likeness (QED) is 0.462. The second kappa shape index (κ2) is 9.53. The van der Waals surface area contributed by atoms with Crippen LogP contribution in [0.4, 0.5) is 4.39 Å². The molecule has 1 heterocycles. The van der Waals surface area contributed by atoms with E-state index in [4.69, 9.17) is 16.0 Å². The number of hydrogen-bond donors (Lipinski definition) is 0. The zero-order valence-electron chi connectivity index (χ0n) is 16.4. The largest absolute Gasteiger partial charge is 0.441 e. The summed E-state index contributed by atoms with van der Waals surface area (Å²) in [6.45, 7) is 1.57. The van der Waals surface area contributed by atoms with Crippen LogP contribution in [0.3, 0.4) is 0 Å². The minimum absolute atomic E-state index is 0.0186. The van der Waals surface area contributed by atoms with E-state index < -0.39 is 27.2 Å². The number of carbonyl (C=O) groups excluding carboxylic acids is 1. The average Bonchev–Trinajstić information content (AvgIpc) is 3.02. The fourth-order valence-corrected chi connectivity index (χ4v) is 4.58. The molecule has 0 radical (unpaired) electrons.